The number of aromatic nitrogens is 1. The van der Waals surface area contributed by atoms with E-state index in [-0.39, 0.29) is 6.04 Å². The summed E-state index contributed by atoms with van der Waals surface area (Å²) in [6, 6.07) is 5.87. The number of halogens is 1. The van der Waals surface area contributed by atoms with E-state index in [1.165, 1.54) is 0 Å². The van der Waals surface area contributed by atoms with Crippen LogP contribution in [0, 0.1) is 0 Å². The highest BCUT2D eigenvalue weighted by molar-refractivity contribution is 9.10. The van der Waals surface area contributed by atoms with Gasteiger partial charge in [-0.1, -0.05) is 22.9 Å². The van der Waals surface area contributed by atoms with Crippen LogP contribution in [-0.4, -0.2) is 18.6 Å². The van der Waals surface area contributed by atoms with E-state index in [1.807, 2.05) is 25.1 Å². The predicted molar refractivity (Wildman–Crippen MR) is 82.9 cm³/mol. The van der Waals surface area contributed by atoms with Crippen LogP contribution >= 0.6 is 15.9 Å². The molecule has 0 aliphatic carbocycles. The Morgan fingerprint density at radius 1 is 1.45 bits per heavy atom. The van der Waals surface area contributed by atoms with E-state index in [9.17, 15) is 0 Å². The van der Waals surface area contributed by atoms with Crippen molar-refractivity contribution in [3.63, 3.8) is 0 Å². The summed E-state index contributed by atoms with van der Waals surface area (Å²) < 4.78 is 12.0. The number of nitrogens with one attached hydrogen (secondary N) is 1. The van der Waals surface area contributed by atoms with Gasteiger partial charge in [-0.05, 0) is 38.1 Å². The Balaban J connectivity index is 2.24. The van der Waals surface area contributed by atoms with Crippen LogP contribution in [0.1, 0.15) is 32.2 Å². The highest BCUT2D eigenvalue weighted by Crippen LogP contribution is 2.32. The Morgan fingerprint density at radius 2 is 2.25 bits per heavy atom. The van der Waals surface area contributed by atoms with E-state index in [0.29, 0.717) is 5.89 Å². The van der Waals surface area contributed by atoms with Crippen LogP contribution in [0.2, 0.25) is 0 Å². The first-order chi connectivity index (χ1) is 9.65. The second kappa shape index (κ2) is 6.90. The lowest BCUT2D eigenvalue weighted by Crippen LogP contribution is -2.19. The van der Waals surface area contributed by atoms with Gasteiger partial charge in [0.15, 0.2) is 5.76 Å². The van der Waals surface area contributed by atoms with Gasteiger partial charge in [-0.15, -0.1) is 0 Å². The molecule has 5 heteroatoms. The van der Waals surface area contributed by atoms with Gasteiger partial charge in [0.2, 0.25) is 5.89 Å². The molecule has 0 amide bonds. The summed E-state index contributed by atoms with van der Waals surface area (Å²) >= 11 is 3.53. The molecule has 0 bridgehead atoms. The summed E-state index contributed by atoms with van der Waals surface area (Å²) in [7, 11) is 1.65. The Labute approximate surface area is 127 Å². The fourth-order valence-corrected chi connectivity index (χ4v) is 2.32. The molecule has 1 unspecified atom stereocenters. The molecular formula is C15H19BrN2O2. The topological polar surface area (TPSA) is 47.3 Å². The molecule has 0 radical (unpaired) electrons. The summed E-state index contributed by atoms with van der Waals surface area (Å²) in [6.07, 6.45) is 2.83. The molecule has 0 spiro atoms. The number of methoxy groups -OCH3 is 1. The normalized spacial score (nSPS) is 12.4. The third kappa shape index (κ3) is 3.41. The van der Waals surface area contributed by atoms with Gasteiger partial charge in [-0.2, -0.15) is 0 Å². The number of benzene rings is 1. The SMILES string of the molecule is CCCNC(C)c1ncc(-c2cc(OC)ccc2Br)o1. The van der Waals surface area contributed by atoms with E-state index in [2.05, 4.69) is 33.2 Å². The lowest BCUT2D eigenvalue weighted by atomic mass is 10.2. The average molecular weight is 339 g/mol. The van der Waals surface area contributed by atoms with E-state index in [4.69, 9.17) is 9.15 Å². The van der Waals surface area contributed by atoms with Gasteiger partial charge in [-0.25, -0.2) is 4.98 Å². The summed E-state index contributed by atoms with van der Waals surface area (Å²) in [5.41, 5.74) is 0.936. The molecule has 0 saturated heterocycles. The standard InChI is InChI=1S/C15H19BrN2O2/c1-4-7-17-10(2)15-18-9-14(20-15)12-8-11(19-3)5-6-13(12)16/h5-6,8-10,17H,4,7H2,1-3H3. The predicted octanol–water partition coefficient (Wildman–Crippen LogP) is 4.17. The zero-order valence-corrected chi connectivity index (χ0v) is 13.5. The highest BCUT2D eigenvalue weighted by atomic mass is 79.9. The van der Waals surface area contributed by atoms with E-state index in [1.54, 1.807) is 13.3 Å². The smallest absolute Gasteiger partial charge is 0.211 e. The highest BCUT2D eigenvalue weighted by Gasteiger charge is 2.14. The minimum Gasteiger partial charge on any atom is -0.497 e. The summed E-state index contributed by atoms with van der Waals surface area (Å²) in [5, 5.41) is 3.36. The number of nitrogens with zero attached hydrogens (tertiary/aromatic N) is 1. The largest absolute Gasteiger partial charge is 0.497 e. The van der Waals surface area contributed by atoms with E-state index < -0.39 is 0 Å². The van der Waals surface area contributed by atoms with Crippen molar-refractivity contribution < 1.29 is 9.15 Å². The second-order valence-electron chi connectivity index (χ2n) is 4.58. The van der Waals surface area contributed by atoms with Gasteiger partial charge in [0.1, 0.15) is 5.75 Å². The van der Waals surface area contributed by atoms with Crippen molar-refractivity contribution in [3.8, 4) is 17.1 Å². The van der Waals surface area contributed by atoms with Gasteiger partial charge in [0.05, 0.1) is 19.3 Å². The van der Waals surface area contributed by atoms with E-state index >= 15 is 0 Å². The van der Waals surface area contributed by atoms with Crippen LogP contribution in [0.4, 0.5) is 0 Å². The third-order valence-electron chi connectivity index (χ3n) is 3.03. The van der Waals surface area contributed by atoms with Crippen molar-refractivity contribution in [2.24, 2.45) is 0 Å². The van der Waals surface area contributed by atoms with Gasteiger partial charge >= 0.3 is 0 Å². The molecule has 108 valence electrons. The maximum absolute atomic E-state index is 5.85. The van der Waals surface area contributed by atoms with Crippen molar-refractivity contribution in [1.29, 1.82) is 0 Å². The fraction of sp³-hybridized carbons (Fsp3) is 0.400. The molecule has 1 heterocycles. The lowest BCUT2D eigenvalue weighted by molar-refractivity contribution is 0.413. The first-order valence-corrected chi connectivity index (χ1v) is 7.48. The number of ether oxygens (including phenoxy) is 1. The molecule has 4 nitrogen and oxygen atoms in total. The van der Waals surface area contributed by atoms with Crippen molar-refractivity contribution in [1.82, 2.24) is 10.3 Å². The number of hydrogen-bond donors (Lipinski definition) is 1. The summed E-state index contributed by atoms with van der Waals surface area (Å²) in [4.78, 5) is 4.35. The number of oxazole rings is 1. The molecule has 1 aromatic carbocycles. The molecule has 2 rings (SSSR count). The zero-order chi connectivity index (χ0) is 14.5. The van der Waals surface area contributed by atoms with Crippen LogP contribution in [0.15, 0.2) is 33.3 Å². The van der Waals surface area contributed by atoms with Gasteiger partial charge in [0, 0.05) is 10.0 Å². The van der Waals surface area contributed by atoms with Crippen molar-refractivity contribution in [2.75, 3.05) is 13.7 Å². The second-order valence-corrected chi connectivity index (χ2v) is 5.44. The fourth-order valence-electron chi connectivity index (χ4n) is 1.88. The zero-order valence-electron chi connectivity index (χ0n) is 11.9. The number of rotatable bonds is 6. The monoisotopic (exact) mass is 338 g/mol. The molecule has 0 aliphatic rings. The van der Waals surface area contributed by atoms with Crippen LogP contribution < -0.4 is 10.1 Å². The molecule has 1 N–H and O–H groups in total. The van der Waals surface area contributed by atoms with Crippen LogP contribution in [0.3, 0.4) is 0 Å². The molecule has 0 saturated carbocycles. The molecule has 1 aromatic heterocycles. The quantitative estimate of drug-likeness (QED) is 0.858. The molecule has 2 aromatic rings. The summed E-state index contributed by atoms with van der Waals surface area (Å²) in [5.74, 6) is 2.22. The minimum absolute atomic E-state index is 0.105. The third-order valence-corrected chi connectivity index (χ3v) is 3.73. The molecule has 1 atom stereocenters. The van der Waals surface area contributed by atoms with Crippen LogP contribution in [-0.2, 0) is 0 Å². The van der Waals surface area contributed by atoms with Gasteiger partial charge < -0.3 is 14.5 Å². The van der Waals surface area contributed by atoms with E-state index in [0.717, 1.165) is 34.5 Å². The first-order valence-electron chi connectivity index (χ1n) is 6.68. The Kier molecular flexibility index (Phi) is 5.20. The minimum atomic E-state index is 0.105. The lowest BCUT2D eigenvalue weighted by Gasteiger charge is -2.08. The van der Waals surface area contributed by atoms with Crippen molar-refractivity contribution in [3.05, 3.63) is 34.8 Å². The van der Waals surface area contributed by atoms with Crippen LogP contribution in [0.25, 0.3) is 11.3 Å². The van der Waals surface area contributed by atoms with Crippen molar-refractivity contribution >= 4 is 15.9 Å². The Hall–Kier alpha value is -1.33. The Morgan fingerprint density at radius 3 is 2.95 bits per heavy atom. The maximum atomic E-state index is 5.85. The van der Waals surface area contributed by atoms with Gasteiger partial charge in [-0.3, -0.25) is 0 Å². The average Bonchev–Trinajstić information content (AvgIpc) is 2.95. The first kappa shape index (κ1) is 15.1. The summed E-state index contributed by atoms with van der Waals surface area (Å²) in [6.45, 7) is 5.13. The molecule has 0 aliphatic heterocycles. The number of hydrogen-bond acceptors (Lipinski definition) is 4. The van der Waals surface area contributed by atoms with Crippen LogP contribution in [0.5, 0.6) is 5.75 Å². The molecule has 20 heavy (non-hydrogen) atoms. The van der Waals surface area contributed by atoms with Gasteiger partial charge in [0.25, 0.3) is 0 Å². The Bertz CT molecular complexity index is 569. The molecular weight excluding hydrogens is 320 g/mol. The molecule has 0 fully saturated rings. The van der Waals surface area contributed by atoms with Crippen molar-refractivity contribution in [2.45, 2.75) is 26.3 Å². The maximum Gasteiger partial charge on any atom is 0.211 e.